The van der Waals surface area contributed by atoms with Crippen LogP contribution in [-0.4, -0.2) is 13.7 Å². The van der Waals surface area contributed by atoms with E-state index in [2.05, 4.69) is 13.8 Å². The molecule has 0 radical (unpaired) electrons. The topological polar surface area (TPSA) is 9.23 Å². The van der Waals surface area contributed by atoms with Crippen molar-refractivity contribution in [1.82, 2.24) is 0 Å². The zero-order valence-corrected chi connectivity index (χ0v) is 9.40. The van der Waals surface area contributed by atoms with Crippen LogP contribution < -0.4 is 0 Å². The summed E-state index contributed by atoms with van der Waals surface area (Å²) in [6.07, 6.45) is 1.18. The van der Waals surface area contributed by atoms with Gasteiger partial charge >= 0.3 is 0 Å². The Bertz CT molecular complexity index is 33.9. The van der Waals surface area contributed by atoms with Crippen molar-refractivity contribution in [3.63, 3.8) is 0 Å². The molecule has 0 aromatic carbocycles. The molecule has 1 heteroatoms. The number of hydrogen-bond donors (Lipinski definition) is 0. The molecule has 0 heterocycles. The smallest absolute Gasteiger partial charge is 0.0464 e. The monoisotopic (exact) mass is 162 g/mol. The first kappa shape index (κ1) is 17.2. The predicted molar refractivity (Wildman–Crippen MR) is 54.0 cm³/mol. The van der Waals surface area contributed by atoms with Crippen molar-refractivity contribution in [2.24, 2.45) is 5.92 Å². The number of methoxy groups -OCH3 is 1. The van der Waals surface area contributed by atoms with Gasteiger partial charge in [-0.3, -0.25) is 0 Å². The highest BCUT2D eigenvalue weighted by Gasteiger charge is 1.89. The third-order valence-corrected chi connectivity index (χ3v) is 0.899. The van der Waals surface area contributed by atoms with Crippen molar-refractivity contribution < 1.29 is 4.74 Å². The molecule has 0 unspecified atom stereocenters. The third kappa shape index (κ3) is 40.2. The van der Waals surface area contributed by atoms with E-state index < -0.39 is 0 Å². The molecule has 72 valence electrons. The molecule has 11 heavy (non-hydrogen) atoms. The van der Waals surface area contributed by atoms with Crippen molar-refractivity contribution in [3.8, 4) is 0 Å². The maximum absolute atomic E-state index is 4.85. The average Bonchev–Trinajstić information content (AvgIpc) is 2.08. The van der Waals surface area contributed by atoms with Crippen LogP contribution in [0.2, 0.25) is 0 Å². The molecule has 0 saturated carbocycles. The van der Waals surface area contributed by atoms with Gasteiger partial charge in [-0.25, -0.2) is 0 Å². The predicted octanol–water partition coefficient (Wildman–Crippen LogP) is 3.73. The van der Waals surface area contributed by atoms with Crippen LogP contribution >= 0.6 is 0 Å². The fourth-order valence-electron chi connectivity index (χ4n) is 0.354. The molecule has 0 aromatic rings. The lowest BCUT2D eigenvalue weighted by Crippen LogP contribution is -1.93. The van der Waals surface area contributed by atoms with Crippen LogP contribution in [0, 0.1) is 5.92 Å². The summed E-state index contributed by atoms with van der Waals surface area (Å²) in [6.45, 7) is 13.3. The Morgan fingerprint density at radius 1 is 1.00 bits per heavy atom. The van der Waals surface area contributed by atoms with E-state index in [4.69, 9.17) is 4.74 Å². The van der Waals surface area contributed by atoms with Gasteiger partial charge in [-0.15, -0.1) is 0 Å². The molecule has 0 saturated heterocycles. The number of hydrogen-bond acceptors (Lipinski definition) is 1. The Kier molecular flexibility index (Phi) is 35.1. The average molecular weight is 162 g/mol. The molecule has 0 atom stereocenters. The van der Waals surface area contributed by atoms with E-state index in [0.29, 0.717) is 0 Å². The molecule has 0 fully saturated rings. The van der Waals surface area contributed by atoms with E-state index >= 15 is 0 Å². The molecular formula is C10H26O. The second-order valence-corrected chi connectivity index (χ2v) is 2.18. The second-order valence-electron chi connectivity index (χ2n) is 2.18. The van der Waals surface area contributed by atoms with Gasteiger partial charge in [0.1, 0.15) is 0 Å². The van der Waals surface area contributed by atoms with Crippen LogP contribution in [0.4, 0.5) is 0 Å². The quantitative estimate of drug-likeness (QED) is 0.614. The van der Waals surface area contributed by atoms with E-state index in [1.807, 2.05) is 27.7 Å². The molecular weight excluding hydrogens is 136 g/mol. The summed E-state index contributed by atoms with van der Waals surface area (Å²) in [5, 5.41) is 0. The minimum absolute atomic E-state index is 0.778. The van der Waals surface area contributed by atoms with Gasteiger partial charge in [-0.05, 0) is 12.3 Å². The highest BCUT2D eigenvalue weighted by molar-refractivity contribution is 4.40. The van der Waals surface area contributed by atoms with Crippen molar-refractivity contribution in [2.45, 2.75) is 48.0 Å². The lowest BCUT2D eigenvalue weighted by atomic mass is 10.1. The van der Waals surface area contributed by atoms with Crippen molar-refractivity contribution in [2.75, 3.05) is 13.7 Å². The lowest BCUT2D eigenvalue weighted by molar-refractivity contribution is 0.183. The van der Waals surface area contributed by atoms with E-state index in [-0.39, 0.29) is 0 Å². The van der Waals surface area contributed by atoms with Gasteiger partial charge in [-0.1, -0.05) is 41.5 Å². The summed E-state index contributed by atoms with van der Waals surface area (Å²) >= 11 is 0. The first-order valence-electron chi connectivity index (χ1n) is 4.76. The first-order valence-corrected chi connectivity index (χ1v) is 4.76. The normalized spacial score (nSPS) is 7.64. The molecule has 0 aliphatic carbocycles. The second kappa shape index (κ2) is 22.5. The largest absolute Gasteiger partial charge is 0.385 e. The zero-order chi connectivity index (χ0) is 9.70. The van der Waals surface area contributed by atoms with Crippen LogP contribution in [-0.2, 0) is 4.74 Å². The Labute approximate surface area is 73.1 Å². The Morgan fingerprint density at radius 2 is 1.36 bits per heavy atom. The minimum Gasteiger partial charge on any atom is -0.385 e. The Hall–Kier alpha value is -0.0400. The molecule has 0 aromatic heterocycles. The molecule has 0 aliphatic rings. The molecule has 0 bridgehead atoms. The molecule has 0 aliphatic heterocycles. The highest BCUT2D eigenvalue weighted by Crippen LogP contribution is 1.96. The summed E-state index contributed by atoms with van der Waals surface area (Å²) in [4.78, 5) is 0. The lowest BCUT2D eigenvalue weighted by Gasteiger charge is -1.99. The van der Waals surface area contributed by atoms with E-state index in [9.17, 15) is 0 Å². The van der Waals surface area contributed by atoms with Crippen LogP contribution in [0.1, 0.15) is 48.0 Å². The maximum atomic E-state index is 4.85. The van der Waals surface area contributed by atoms with Gasteiger partial charge in [0.25, 0.3) is 0 Å². The fourth-order valence-corrected chi connectivity index (χ4v) is 0.354. The van der Waals surface area contributed by atoms with Crippen LogP contribution in [0.5, 0.6) is 0 Å². The van der Waals surface area contributed by atoms with Crippen LogP contribution in [0.25, 0.3) is 0 Å². The van der Waals surface area contributed by atoms with Gasteiger partial charge in [0, 0.05) is 13.7 Å². The summed E-state index contributed by atoms with van der Waals surface area (Å²) < 4.78 is 4.85. The summed E-state index contributed by atoms with van der Waals surface area (Å²) in [7, 11) is 1.74. The molecule has 0 amide bonds. The highest BCUT2D eigenvalue weighted by atomic mass is 16.5. The van der Waals surface area contributed by atoms with Gasteiger partial charge in [0.05, 0.1) is 0 Å². The Balaban J connectivity index is -0.000000138. The summed E-state index contributed by atoms with van der Waals surface area (Å²) in [5.74, 6) is 0.778. The standard InChI is InChI=1S/C6H14O.2C2H6/c1-6(2)4-5-7-3;2*1-2/h6H,4-5H2,1-3H3;2*1-2H3. The van der Waals surface area contributed by atoms with Crippen molar-refractivity contribution in [1.29, 1.82) is 0 Å². The molecule has 0 rings (SSSR count). The summed E-state index contributed by atoms with van der Waals surface area (Å²) in [6, 6.07) is 0. The minimum atomic E-state index is 0.778. The SMILES string of the molecule is CC.CC.COCCC(C)C. The molecule has 0 spiro atoms. The number of ether oxygens (including phenoxy) is 1. The third-order valence-electron chi connectivity index (χ3n) is 0.899. The summed E-state index contributed by atoms with van der Waals surface area (Å²) in [5.41, 5.74) is 0. The molecule has 0 N–H and O–H groups in total. The van der Waals surface area contributed by atoms with Gasteiger partial charge in [0.2, 0.25) is 0 Å². The molecule has 1 nitrogen and oxygen atoms in total. The number of rotatable bonds is 3. The Morgan fingerprint density at radius 3 is 1.45 bits per heavy atom. The zero-order valence-electron chi connectivity index (χ0n) is 9.40. The maximum Gasteiger partial charge on any atom is 0.0464 e. The van der Waals surface area contributed by atoms with Crippen molar-refractivity contribution in [3.05, 3.63) is 0 Å². The fraction of sp³-hybridized carbons (Fsp3) is 1.00. The van der Waals surface area contributed by atoms with Gasteiger partial charge < -0.3 is 4.74 Å². The van der Waals surface area contributed by atoms with E-state index in [0.717, 1.165) is 12.5 Å². The first-order chi connectivity index (χ1) is 5.27. The van der Waals surface area contributed by atoms with E-state index in [1.54, 1.807) is 7.11 Å². The van der Waals surface area contributed by atoms with E-state index in [1.165, 1.54) is 6.42 Å². The van der Waals surface area contributed by atoms with Crippen molar-refractivity contribution >= 4 is 0 Å². The van der Waals surface area contributed by atoms with Crippen LogP contribution in [0.15, 0.2) is 0 Å². The van der Waals surface area contributed by atoms with Crippen LogP contribution in [0.3, 0.4) is 0 Å². The van der Waals surface area contributed by atoms with Gasteiger partial charge in [-0.2, -0.15) is 0 Å². The van der Waals surface area contributed by atoms with Gasteiger partial charge in [0.15, 0.2) is 0 Å².